The Balaban J connectivity index is 2.16. The fourth-order valence-electron chi connectivity index (χ4n) is 1.50. The molecule has 5 heteroatoms. The highest BCUT2D eigenvalue weighted by atomic mass is 35.5. The molecule has 0 saturated carbocycles. The predicted molar refractivity (Wildman–Crippen MR) is 67.7 cm³/mol. The molecule has 4 nitrogen and oxygen atoms in total. The second kappa shape index (κ2) is 5.19. The van der Waals surface area contributed by atoms with E-state index in [0.29, 0.717) is 17.5 Å². The maximum atomic E-state index is 5.92. The largest absolute Gasteiger partial charge is 0.367 e. The fourth-order valence-corrected chi connectivity index (χ4v) is 1.67. The zero-order valence-electron chi connectivity index (χ0n) is 9.11. The van der Waals surface area contributed by atoms with Crippen molar-refractivity contribution in [2.45, 2.75) is 6.04 Å². The first kappa shape index (κ1) is 11.9. The molecule has 0 spiro atoms. The van der Waals surface area contributed by atoms with E-state index < -0.39 is 0 Å². The molecule has 0 bridgehead atoms. The SMILES string of the molecule is C#CCOCC(N)c1nc2ccc(Cl)cc2[nH]1. The van der Waals surface area contributed by atoms with Crippen molar-refractivity contribution in [2.24, 2.45) is 5.73 Å². The van der Waals surface area contributed by atoms with Gasteiger partial charge < -0.3 is 15.5 Å². The Hall–Kier alpha value is -1.54. The number of hydrogen-bond acceptors (Lipinski definition) is 3. The topological polar surface area (TPSA) is 63.9 Å². The summed E-state index contributed by atoms with van der Waals surface area (Å²) in [6.45, 7) is 0.581. The lowest BCUT2D eigenvalue weighted by Gasteiger charge is -2.07. The minimum atomic E-state index is -0.325. The van der Waals surface area contributed by atoms with Gasteiger partial charge in [0.1, 0.15) is 12.4 Å². The molecule has 1 atom stereocenters. The zero-order chi connectivity index (χ0) is 12.3. The van der Waals surface area contributed by atoms with E-state index in [9.17, 15) is 0 Å². The van der Waals surface area contributed by atoms with E-state index >= 15 is 0 Å². The number of rotatable bonds is 4. The molecule has 2 aromatic rings. The van der Waals surface area contributed by atoms with Gasteiger partial charge in [0, 0.05) is 5.02 Å². The van der Waals surface area contributed by atoms with Crippen LogP contribution in [0.3, 0.4) is 0 Å². The van der Waals surface area contributed by atoms with Gasteiger partial charge in [-0.1, -0.05) is 17.5 Å². The summed E-state index contributed by atoms with van der Waals surface area (Å²) in [6.07, 6.45) is 5.08. The van der Waals surface area contributed by atoms with Gasteiger partial charge in [0.15, 0.2) is 0 Å². The summed E-state index contributed by atoms with van der Waals surface area (Å²) < 4.78 is 5.17. The van der Waals surface area contributed by atoms with Crippen LogP contribution in [-0.2, 0) is 4.74 Å². The summed E-state index contributed by atoms with van der Waals surface area (Å²) in [5.74, 6) is 3.05. The average molecular weight is 250 g/mol. The number of terminal acetylenes is 1. The fraction of sp³-hybridized carbons (Fsp3) is 0.250. The van der Waals surface area contributed by atoms with Crippen LogP contribution in [0, 0.1) is 12.3 Å². The van der Waals surface area contributed by atoms with E-state index in [1.165, 1.54) is 0 Å². The van der Waals surface area contributed by atoms with E-state index in [0.717, 1.165) is 11.0 Å². The summed E-state index contributed by atoms with van der Waals surface area (Å²) in [4.78, 5) is 7.47. The van der Waals surface area contributed by atoms with Crippen LogP contribution in [0.25, 0.3) is 11.0 Å². The number of aromatic amines is 1. The van der Waals surface area contributed by atoms with Crippen LogP contribution in [0.15, 0.2) is 18.2 Å². The first-order valence-electron chi connectivity index (χ1n) is 5.12. The molecular weight excluding hydrogens is 238 g/mol. The number of ether oxygens (including phenoxy) is 1. The van der Waals surface area contributed by atoms with Crippen LogP contribution in [0.4, 0.5) is 0 Å². The third-order valence-electron chi connectivity index (χ3n) is 2.30. The lowest BCUT2D eigenvalue weighted by Crippen LogP contribution is -2.18. The van der Waals surface area contributed by atoms with Gasteiger partial charge in [-0.05, 0) is 18.2 Å². The van der Waals surface area contributed by atoms with Crippen molar-refractivity contribution in [1.29, 1.82) is 0 Å². The molecule has 1 unspecified atom stereocenters. The number of halogens is 1. The van der Waals surface area contributed by atoms with Gasteiger partial charge in [0.05, 0.1) is 23.7 Å². The Morgan fingerprint density at radius 1 is 1.59 bits per heavy atom. The molecule has 0 aliphatic heterocycles. The smallest absolute Gasteiger partial charge is 0.126 e. The Bertz CT molecular complexity index is 558. The van der Waals surface area contributed by atoms with Crippen LogP contribution in [-0.4, -0.2) is 23.2 Å². The van der Waals surface area contributed by atoms with E-state index in [-0.39, 0.29) is 12.6 Å². The second-order valence-electron chi connectivity index (χ2n) is 3.61. The lowest BCUT2D eigenvalue weighted by atomic mass is 10.3. The van der Waals surface area contributed by atoms with Crippen LogP contribution < -0.4 is 5.73 Å². The number of fused-ring (bicyclic) bond motifs is 1. The highest BCUT2D eigenvalue weighted by Crippen LogP contribution is 2.19. The molecule has 0 fully saturated rings. The number of nitrogens with zero attached hydrogens (tertiary/aromatic N) is 1. The third-order valence-corrected chi connectivity index (χ3v) is 2.53. The summed E-state index contributed by atoms with van der Waals surface area (Å²) >= 11 is 5.88. The van der Waals surface area contributed by atoms with Gasteiger partial charge in [-0.25, -0.2) is 4.98 Å². The van der Waals surface area contributed by atoms with Gasteiger partial charge in [0.2, 0.25) is 0 Å². The van der Waals surface area contributed by atoms with E-state index in [2.05, 4.69) is 15.9 Å². The number of H-pyrrole nitrogens is 1. The molecule has 1 aromatic heterocycles. The molecule has 2 rings (SSSR count). The van der Waals surface area contributed by atoms with Crippen molar-refractivity contribution >= 4 is 22.6 Å². The van der Waals surface area contributed by atoms with Gasteiger partial charge in [-0.2, -0.15) is 0 Å². The lowest BCUT2D eigenvalue weighted by molar-refractivity contribution is 0.150. The summed E-state index contributed by atoms with van der Waals surface area (Å²) in [5, 5.41) is 0.657. The first-order chi connectivity index (χ1) is 8.20. The molecule has 3 N–H and O–H groups in total. The normalized spacial score (nSPS) is 12.5. The number of aromatic nitrogens is 2. The van der Waals surface area contributed by atoms with Gasteiger partial charge in [-0.15, -0.1) is 6.42 Å². The van der Waals surface area contributed by atoms with Crippen molar-refractivity contribution in [3.05, 3.63) is 29.0 Å². The number of imidazole rings is 1. The first-order valence-corrected chi connectivity index (χ1v) is 5.50. The summed E-state index contributed by atoms with van der Waals surface area (Å²) in [6, 6.07) is 5.11. The van der Waals surface area contributed by atoms with Crippen LogP contribution >= 0.6 is 11.6 Å². The maximum Gasteiger partial charge on any atom is 0.126 e. The Morgan fingerprint density at radius 2 is 2.41 bits per heavy atom. The average Bonchev–Trinajstić information content (AvgIpc) is 2.72. The van der Waals surface area contributed by atoms with Gasteiger partial charge in [-0.3, -0.25) is 0 Å². The summed E-state index contributed by atoms with van der Waals surface area (Å²) in [5.41, 5.74) is 7.61. The van der Waals surface area contributed by atoms with Crippen molar-refractivity contribution < 1.29 is 4.74 Å². The summed E-state index contributed by atoms with van der Waals surface area (Å²) in [7, 11) is 0. The van der Waals surface area contributed by atoms with Crippen LogP contribution in [0.2, 0.25) is 5.02 Å². The molecule has 1 heterocycles. The monoisotopic (exact) mass is 249 g/mol. The second-order valence-corrected chi connectivity index (χ2v) is 4.05. The molecular formula is C12H12ClN3O. The van der Waals surface area contributed by atoms with Crippen molar-refractivity contribution in [2.75, 3.05) is 13.2 Å². The van der Waals surface area contributed by atoms with Crippen molar-refractivity contribution in [3.8, 4) is 12.3 Å². The van der Waals surface area contributed by atoms with Crippen LogP contribution in [0.1, 0.15) is 11.9 Å². The van der Waals surface area contributed by atoms with Crippen LogP contribution in [0.5, 0.6) is 0 Å². The molecule has 88 valence electrons. The number of nitrogens with one attached hydrogen (secondary N) is 1. The van der Waals surface area contributed by atoms with Crippen molar-refractivity contribution in [1.82, 2.24) is 9.97 Å². The maximum absolute atomic E-state index is 5.92. The van der Waals surface area contributed by atoms with E-state index in [1.807, 2.05) is 12.1 Å². The molecule has 1 aromatic carbocycles. The number of benzene rings is 1. The zero-order valence-corrected chi connectivity index (χ0v) is 9.87. The molecule has 0 aliphatic carbocycles. The molecule has 0 aliphatic rings. The molecule has 0 saturated heterocycles. The minimum Gasteiger partial charge on any atom is -0.367 e. The standard InChI is InChI=1S/C12H12ClN3O/c1-2-5-17-7-9(14)12-15-10-4-3-8(13)6-11(10)16-12/h1,3-4,6,9H,5,7,14H2,(H,15,16). The van der Waals surface area contributed by atoms with E-state index in [1.54, 1.807) is 6.07 Å². The van der Waals surface area contributed by atoms with Gasteiger partial charge in [0.25, 0.3) is 0 Å². The number of nitrogens with two attached hydrogens (primary N) is 1. The van der Waals surface area contributed by atoms with E-state index in [4.69, 9.17) is 28.5 Å². The Kier molecular flexibility index (Phi) is 3.64. The van der Waals surface area contributed by atoms with Gasteiger partial charge >= 0.3 is 0 Å². The minimum absolute atomic E-state index is 0.250. The third kappa shape index (κ3) is 2.77. The highest BCUT2D eigenvalue weighted by molar-refractivity contribution is 6.31. The highest BCUT2D eigenvalue weighted by Gasteiger charge is 2.11. The van der Waals surface area contributed by atoms with Crippen molar-refractivity contribution in [3.63, 3.8) is 0 Å². The predicted octanol–water partition coefficient (Wildman–Crippen LogP) is 1.87. The Morgan fingerprint density at radius 3 is 3.18 bits per heavy atom. The quantitative estimate of drug-likeness (QED) is 0.642. The molecule has 0 radical (unpaired) electrons. The molecule has 0 amide bonds. The number of hydrogen-bond donors (Lipinski definition) is 2. The Labute approximate surface area is 104 Å². The molecule has 17 heavy (non-hydrogen) atoms.